The Bertz CT molecular complexity index is 985. The molecule has 7 heteroatoms. The zero-order chi connectivity index (χ0) is 19.0. The molecule has 0 unspecified atom stereocenters. The first-order chi connectivity index (χ1) is 13.0. The van der Waals surface area contributed by atoms with Crippen molar-refractivity contribution in [3.8, 4) is 10.6 Å². The van der Waals surface area contributed by atoms with E-state index in [0.29, 0.717) is 12.5 Å². The van der Waals surface area contributed by atoms with Crippen LogP contribution in [0.2, 0.25) is 0 Å². The van der Waals surface area contributed by atoms with Gasteiger partial charge in [-0.1, -0.05) is 23.5 Å². The van der Waals surface area contributed by atoms with Crippen LogP contribution in [0, 0.1) is 6.92 Å². The van der Waals surface area contributed by atoms with Crippen LogP contribution in [0.4, 0.5) is 0 Å². The number of benzene rings is 1. The number of hydrogen-bond donors (Lipinski definition) is 0. The van der Waals surface area contributed by atoms with Crippen molar-refractivity contribution in [3.05, 3.63) is 41.2 Å². The first kappa shape index (κ1) is 18.0. The van der Waals surface area contributed by atoms with Crippen LogP contribution in [0.5, 0.6) is 0 Å². The van der Waals surface area contributed by atoms with E-state index in [1.165, 1.54) is 0 Å². The van der Waals surface area contributed by atoms with Gasteiger partial charge in [0.05, 0.1) is 12.1 Å². The maximum atomic E-state index is 12.7. The van der Waals surface area contributed by atoms with E-state index >= 15 is 0 Å². The average molecular weight is 382 g/mol. The standard InChI is InChI=1S/C20H23N5OS/c1-13-12-25(7-6-24(13)3)19(26)10-18-9-17-8-15(4-5-16(17)11-21-18)20-23-22-14(2)27-20/h4-5,8-9,11,13H,6-7,10,12H2,1-3H3/t13-/m1/s1. The quantitative estimate of drug-likeness (QED) is 0.698. The normalized spacial score (nSPS) is 18.2. The van der Waals surface area contributed by atoms with Crippen molar-refractivity contribution in [2.45, 2.75) is 26.3 Å². The summed E-state index contributed by atoms with van der Waals surface area (Å²) >= 11 is 1.58. The minimum absolute atomic E-state index is 0.151. The Morgan fingerprint density at radius 1 is 1.22 bits per heavy atom. The fourth-order valence-corrected chi connectivity index (χ4v) is 4.06. The topological polar surface area (TPSA) is 62.2 Å². The summed E-state index contributed by atoms with van der Waals surface area (Å²) in [6.07, 6.45) is 2.19. The summed E-state index contributed by atoms with van der Waals surface area (Å²) in [7, 11) is 2.11. The molecule has 3 heterocycles. The van der Waals surface area contributed by atoms with Crippen LogP contribution < -0.4 is 0 Å². The number of aromatic nitrogens is 3. The number of amides is 1. The number of likely N-dealkylation sites (N-methyl/N-ethyl adjacent to an activating group) is 1. The average Bonchev–Trinajstić information content (AvgIpc) is 3.09. The number of pyridine rings is 1. The molecular formula is C20H23N5OS. The molecule has 0 spiro atoms. The zero-order valence-electron chi connectivity index (χ0n) is 15.8. The SMILES string of the molecule is Cc1nnc(-c2ccc3cnc(CC(=O)N4CCN(C)[C@H](C)C4)cc3c2)s1. The smallest absolute Gasteiger partial charge is 0.228 e. The number of hydrogen-bond acceptors (Lipinski definition) is 6. The molecule has 140 valence electrons. The number of carbonyl (C=O) groups excluding carboxylic acids is 1. The molecule has 0 aliphatic carbocycles. The summed E-state index contributed by atoms with van der Waals surface area (Å²) in [6.45, 7) is 6.60. The molecule has 1 saturated heterocycles. The van der Waals surface area contributed by atoms with Gasteiger partial charge in [0.2, 0.25) is 5.91 Å². The molecule has 0 bridgehead atoms. The molecule has 1 aliphatic rings. The molecule has 1 aromatic carbocycles. The van der Waals surface area contributed by atoms with Gasteiger partial charge < -0.3 is 9.80 Å². The van der Waals surface area contributed by atoms with Crippen LogP contribution in [0.1, 0.15) is 17.6 Å². The molecule has 1 fully saturated rings. The van der Waals surface area contributed by atoms with Crippen molar-refractivity contribution in [3.63, 3.8) is 0 Å². The number of rotatable bonds is 3. The third-order valence-corrected chi connectivity index (χ3v) is 6.08. The summed E-state index contributed by atoms with van der Waals surface area (Å²) < 4.78 is 0. The third kappa shape index (κ3) is 3.84. The Hall–Kier alpha value is -2.38. The van der Waals surface area contributed by atoms with Crippen molar-refractivity contribution < 1.29 is 4.79 Å². The molecule has 27 heavy (non-hydrogen) atoms. The van der Waals surface area contributed by atoms with Crippen LogP contribution in [0.15, 0.2) is 30.5 Å². The Kier molecular flexibility index (Phi) is 4.88. The van der Waals surface area contributed by atoms with Gasteiger partial charge in [-0.25, -0.2) is 0 Å². The predicted molar refractivity (Wildman–Crippen MR) is 108 cm³/mol. The number of fused-ring (bicyclic) bond motifs is 1. The van der Waals surface area contributed by atoms with Crippen LogP contribution in [-0.4, -0.2) is 63.6 Å². The lowest BCUT2D eigenvalue weighted by molar-refractivity contribution is -0.133. The molecule has 3 aromatic rings. The van der Waals surface area contributed by atoms with E-state index in [9.17, 15) is 4.79 Å². The van der Waals surface area contributed by atoms with E-state index in [-0.39, 0.29) is 5.91 Å². The van der Waals surface area contributed by atoms with Crippen molar-refractivity contribution in [2.75, 3.05) is 26.7 Å². The predicted octanol–water partition coefficient (Wildman–Crippen LogP) is 2.77. The van der Waals surface area contributed by atoms with Crippen molar-refractivity contribution >= 4 is 28.0 Å². The molecule has 1 aliphatic heterocycles. The highest BCUT2D eigenvalue weighted by Gasteiger charge is 2.24. The maximum absolute atomic E-state index is 12.7. The maximum Gasteiger partial charge on any atom is 0.228 e. The molecule has 1 atom stereocenters. The molecule has 0 radical (unpaired) electrons. The lowest BCUT2D eigenvalue weighted by Gasteiger charge is -2.37. The summed E-state index contributed by atoms with van der Waals surface area (Å²) in [6, 6.07) is 8.60. The third-order valence-electron chi connectivity index (χ3n) is 5.20. The second-order valence-corrected chi connectivity index (χ2v) is 8.39. The molecule has 0 N–H and O–H groups in total. The van der Waals surface area contributed by atoms with Gasteiger partial charge in [-0.3, -0.25) is 9.78 Å². The minimum Gasteiger partial charge on any atom is -0.340 e. The molecule has 1 amide bonds. The van der Waals surface area contributed by atoms with Gasteiger partial charge >= 0.3 is 0 Å². The molecule has 0 saturated carbocycles. The van der Waals surface area contributed by atoms with Crippen molar-refractivity contribution in [1.29, 1.82) is 0 Å². The lowest BCUT2D eigenvalue weighted by atomic mass is 10.1. The fraction of sp³-hybridized carbons (Fsp3) is 0.400. The van der Waals surface area contributed by atoms with Crippen LogP contribution >= 0.6 is 11.3 Å². The first-order valence-corrected chi connectivity index (χ1v) is 9.98. The molecule has 4 rings (SSSR count). The largest absolute Gasteiger partial charge is 0.340 e. The Morgan fingerprint density at radius 2 is 2.07 bits per heavy atom. The Labute approximate surface area is 162 Å². The van der Waals surface area contributed by atoms with Gasteiger partial charge in [0.25, 0.3) is 0 Å². The minimum atomic E-state index is 0.151. The number of carbonyl (C=O) groups is 1. The lowest BCUT2D eigenvalue weighted by Crippen LogP contribution is -2.52. The highest BCUT2D eigenvalue weighted by atomic mass is 32.1. The van der Waals surface area contributed by atoms with Gasteiger partial charge in [0.15, 0.2) is 0 Å². The Morgan fingerprint density at radius 3 is 2.81 bits per heavy atom. The zero-order valence-corrected chi connectivity index (χ0v) is 16.7. The number of aryl methyl sites for hydroxylation is 1. The molecule has 6 nitrogen and oxygen atoms in total. The van der Waals surface area contributed by atoms with Gasteiger partial charge in [-0.15, -0.1) is 10.2 Å². The second kappa shape index (κ2) is 7.32. The van der Waals surface area contributed by atoms with Gasteiger partial charge in [-0.2, -0.15) is 0 Å². The monoisotopic (exact) mass is 381 g/mol. The van der Waals surface area contributed by atoms with E-state index in [4.69, 9.17) is 0 Å². The van der Waals surface area contributed by atoms with Crippen molar-refractivity contribution in [1.82, 2.24) is 25.0 Å². The number of piperazine rings is 1. The fourth-order valence-electron chi connectivity index (χ4n) is 3.37. The summed E-state index contributed by atoms with van der Waals surface area (Å²) in [5.41, 5.74) is 1.86. The summed E-state index contributed by atoms with van der Waals surface area (Å²) in [5.74, 6) is 0.151. The summed E-state index contributed by atoms with van der Waals surface area (Å²) in [4.78, 5) is 21.4. The van der Waals surface area contributed by atoms with Gasteiger partial charge in [0, 0.05) is 42.8 Å². The van der Waals surface area contributed by atoms with E-state index < -0.39 is 0 Å². The summed E-state index contributed by atoms with van der Waals surface area (Å²) in [5, 5.41) is 12.3. The molecular weight excluding hydrogens is 358 g/mol. The highest BCUT2D eigenvalue weighted by Crippen LogP contribution is 2.27. The first-order valence-electron chi connectivity index (χ1n) is 9.17. The Balaban J connectivity index is 1.54. The highest BCUT2D eigenvalue weighted by molar-refractivity contribution is 7.14. The van der Waals surface area contributed by atoms with E-state index in [1.807, 2.05) is 36.2 Å². The molecule has 2 aromatic heterocycles. The second-order valence-electron chi connectivity index (χ2n) is 7.21. The van der Waals surface area contributed by atoms with Crippen LogP contribution in [-0.2, 0) is 11.2 Å². The number of nitrogens with zero attached hydrogens (tertiary/aromatic N) is 5. The van der Waals surface area contributed by atoms with Gasteiger partial charge in [-0.05, 0) is 38.4 Å². The van der Waals surface area contributed by atoms with E-state index in [2.05, 4.69) is 40.1 Å². The van der Waals surface area contributed by atoms with Crippen LogP contribution in [0.3, 0.4) is 0 Å². The van der Waals surface area contributed by atoms with Gasteiger partial charge in [0.1, 0.15) is 10.0 Å². The van der Waals surface area contributed by atoms with E-state index in [0.717, 1.165) is 51.7 Å². The van der Waals surface area contributed by atoms with Crippen LogP contribution in [0.25, 0.3) is 21.3 Å². The van der Waals surface area contributed by atoms with E-state index in [1.54, 1.807) is 11.3 Å². The van der Waals surface area contributed by atoms with Crippen molar-refractivity contribution in [2.24, 2.45) is 0 Å².